The van der Waals surface area contributed by atoms with E-state index in [2.05, 4.69) is 31.1 Å². The Labute approximate surface area is 124 Å². The van der Waals surface area contributed by atoms with E-state index in [1.54, 1.807) is 17.4 Å². The number of halogens is 1. The van der Waals surface area contributed by atoms with Crippen molar-refractivity contribution < 1.29 is 4.39 Å². The molecule has 0 atom stereocenters. The number of aryl methyl sites for hydroxylation is 1. The number of rotatable bonds is 5. The number of nitrogens with zero attached hydrogens (tertiary/aromatic N) is 1. The second-order valence-corrected chi connectivity index (χ2v) is 6.33. The molecule has 0 bridgehead atoms. The highest BCUT2D eigenvalue weighted by atomic mass is 32.1. The van der Waals surface area contributed by atoms with E-state index in [1.165, 1.54) is 4.88 Å². The Hall–Kier alpha value is -1.26. The maximum Gasteiger partial charge on any atom is 0.133 e. The van der Waals surface area contributed by atoms with Crippen molar-refractivity contribution in [2.75, 3.05) is 6.54 Å². The summed E-state index contributed by atoms with van der Waals surface area (Å²) in [6, 6.07) is 5.32. The van der Waals surface area contributed by atoms with E-state index in [0.717, 1.165) is 29.4 Å². The zero-order valence-corrected chi connectivity index (χ0v) is 13.3. The van der Waals surface area contributed by atoms with E-state index in [9.17, 15) is 4.39 Å². The predicted octanol–water partition coefficient (Wildman–Crippen LogP) is 4.49. The lowest BCUT2D eigenvalue weighted by molar-refractivity contribution is 0.630. The van der Waals surface area contributed by atoms with Crippen molar-refractivity contribution in [2.45, 2.75) is 40.2 Å². The maximum atomic E-state index is 14.1. The summed E-state index contributed by atoms with van der Waals surface area (Å²) in [5.41, 5.74) is 2.61. The quantitative estimate of drug-likeness (QED) is 0.878. The molecule has 108 valence electrons. The van der Waals surface area contributed by atoms with E-state index in [4.69, 9.17) is 0 Å². The molecule has 2 aromatic rings. The van der Waals surface area contributed by atoms with Crippen LogP contribution in [0, 0.1) is 12.7 Å². The second kappa shape index (κ2) is 6.46. The summed E-state index contributed by atoms with van der Waals surface area (Å²) < 4.78 is 14.1. The number of thiazole rings is 1. The summed E-state index contributed by atoms with van der Waals surface area (Å²) in [5, 5.41) is 4.10. The number of benzene rings is 1. The molecule has 1 N–H and O–H groups in total. The number of nitrogens with one attached hydrogen (secondary N) is 1. The van der Waals surface area contributed by atoms with Crippen molar-refractivity contribution in [1.82, 2.24) is 10.3 Å². The highest BCUT2D eigenvalue weighted by Gasteiger charge is 2.17. The van der Waals surface area contributed by atoms with Gasteiger partial charge in [-0.1, -0.05) is 26.8 Å². The van der Waals surface area contributed by atoms with Crippen LogP contribution in [0.5, 0.6) is 0 Å². The molecule has 1 aromatic heterocycles. The summed E-state index contributed by atoms with van der Waals surface area (Å²) in [7, 11) is 0. The van der Waals surface area contributed by atoms with Crippen LogP contribution < -0.4 is 5.32 Å². The SMILES string of the molecule is CCNCc1sc(-c2ccc(C)cc2F)nc1C(C)C. The van der Waals surface area contributed by atoms with Crippen LogP contribution in [0.2, 0.25) is 0 Å². The predicted molar refractivity (Wildman–Crippen MR) is 83.7 cm³/mol. The van der Waals surface area contributed by atoms with Gasteiger partial charge in [-0.3, -0.25) is 0 Å². The largest absolute Gasteiger partial charge is 0.312 e. The normalized spacial score (nSPS) is 11.3. The smallest absolute Gasteiger partial charge is 0.133 e. The summed E-state index contributed by atoms with van der Waals surface area (Å²) in [5.74, 6) is 0.159. The van der Waals surface area contributed by atoms with Crippen LogP contribution in [-0.4, -0.2) is 11.5 Å². The van der Waals surface area contributed by atoms with Gasteiger partial charge in [0.25, 0.3) is 0 Å². The van der Waals surface area contributed by atoms with Gasteiger partial charge < -0.3 is 5.32 Å². The van der Waals surface area contributed by atoms with Crippen LogP contribution in [0.1, 0.15) is 42.8 Å². The molecule has 0 aliphatic heterocycles. The van der Waals surface area contributed by atoms with Crippen LogP contribution >= 0.6 is 11.3 Å². The lowest BCUT2D eigenvalue weighted by atomic mass is 10.1. The Kier molecular flexibility index (Phi) is 4.89. The molecule has 4 heteroatoms. The van der Waals surface area contributed by atoms with Crippen LogP contribution in [0.25, 0.3) is 10.6 Å². The molecule has 0 spiro atoms. The first-order valence-electron chi connectivity index (χ1n) is 6.99. The monoisotopic (exact) mass is 292 g/mol. The minimum atomic E-state index is -0.191. The first-order chi connectivity index (χ1) is 9.52. The Morgan fingerprint density at radius 1 is 1.35 bits per heavy atom. The summed E-state index contributed by atoms with van der Waals surface area (Å²) in [4.78, 5) is 5.87. The second-order valence-electron chi connectivity index (χ2n) is 5.25. The van der Waals surface area contributed by atoms with Gasteiger partial charge in [0.15, 0.2) is 0 Å². The minimum Gasteiger partial charge on any atom is -0.312 e. The average molecular weight is 292 g/mol. The molecule has 0 radical (unpaired) electrons. The van der Waals surface area contributed by atoms with Crippen molar-refractivity contribution in [3.8, 4) is 10.6 Å². The molecule has 0 amide bonds. The topological polar surface area (TPSA) is 24.9 Å². The lowest BCUT2D eigenvalue weighted by Crippen LogP contribution is -2.12. The summed E-state index contributed by atoms with van der Waals surface area (Å²) in [6.07, 6.45) is 0. The van der Waals surface area contributed by atoms with Gasteiger partial charge in [-0.25, -0.2) is 9.37 Å². The van der Waals surface area contributed by atoms with Gasteiger partial charge in [0.05, 0.1) is 5.69 Å². The van der Waals surface area contributed by atoms with Crippen LogP contribution in [0.4, 0.5) is 4.39 Å². The molecule has 0 saturated heterocycles. The van der Waals surface area contributed by atoms with Gasteiger partial charge in [-0.05, 0) is 37.1 Å². The minimum absolute atomic E-state index is 0.191. The summed E-state index contributed by atoms with van der Waals surface area (Å²) >= 11 is 1.59. The van der Waals surface area contributed by atoms with Crippen LogP contribution in [0.15, 0.2) is 18.2 Å². The average Bonchev–Trinajstić information content (AvgIpc) is 2.80. The molecule has 0 aliphatic carbocycles. The molecule has 0 fully saturated rings. The summed E-state index contributed by atoms with van der Waals surface area (Å²) in [6.45, 7) is 9.94. The highest BCUT2D eigenvalue weighted by molar-refractivity contribution is 7.15. The zero-order valence-electron chi connectivity index (χ0n) is 12.5. The van der Waals surface area contributed by atoms with Gasteiger partial charge in [-0.15, -0.1) is 11.3 Å². The van der Waals surface area contributed by atoms with Crippen LogP contribution in [-0.2, 0) is 6.54 Å². The fourth-order valence-electron chi connectivity index (χ4n) is 2.09. The Morgan fingerprint density at radius 2 is 2.10 bits per heavy atom. The molecule has 2 nitrogen and oxygen atoms in total. The van der Waals surface area contributed by atoms with Gasteiger partial charge in [0, 0.05) is 17.0 Å². The van der Waals surface area contributed by atoms with E-state index < -0.39 is 0 Å². The Bertz CT molecular complexity index is 590. The third kappa shape index (κ3) is 3.25. The fourth-order valence-corrected chi connectivity index (χ4v) is 3.30. The van der Waals surface area contributed by atoms with Crippen molar-refractivity contribution in [1.29, 1.82) is 0 Å². The number of hydrogen-bond donors (Lipinski definition) is 1. The molecule has 0 saturated carbocycles. The Balaban J connectivity index is 2.41. The number of aromatic nitrogens is 1. The molecule has 2 rings (SSSR count). The van der Waals surface area contributed by atoms with E-state index in [0.29, 0.717) is 11.5 Å². The molecule has 0 unspecified atom stereocenters. The molecular formula is C16H21FN2S. The van der Waals surface area contributed by atoms with Crippen molar-refractivity contribution in [3.63, 3.8) is 0 Å². The fraction of sp³-hybridized carbons (Fsp3) is 0.438. The maximum absolute atomic E-state index is 14.1. The highest BCUT2D eigenvalue weighted by Crippen LogP contribution is 2.33. The van der Waals surface area contributed by atoms with Gasteiger partial charge in [-0.2, -0.15) is 0 Å². The Morgan fingerprint density at radius 3 is 2.70 bits per heavy atom. The third-order valence-corrected chi connectivity index (χ3v) is 4.27. The third-order valence-electron chi connectivity index (χ3n) is 3.16. The molecule has 1 heterocycles. The molecule has 0 aliphatic rings. The van der Waals surface area contributed by atoms with E-state index >= 15 is 0 Å². The van der Waals surface area contributed by atoms with Crippen LogP contribution in [0.3, 0.4) is 0 Å². The molecule has 1 aromatic carbocycles. The first-order valence-corrected chi connectivity index (χ1v) is 7.81. The van der Waals surface area contributed by atoms with Gasteiger partial charge in [0.2, 0.25) is 0 Å². The van der Waals surface area contributed by atoms with Gasteiger partial charge in [0.1, 0.15) is 10.8 Å². The first kappa shape index (κ1) is 15.1. The number of hydrogen-bond acceptors (Lipinski definition) is 3. The van der Waals surface area contributed by atoms with Crippen molar-refractivity contribution in [2.24, 2.45) is 0 Å². The standard InChI is InChI=1S/C16H21FN2S/c1-5-18-9-14-15(10(2)3)19-16(20-14)12-7-6-11(4)8-13(12)17/h6-8,10,18H,5,9H2,1-4H3. The van der Waals surface area contributed by atoms with Gasteiger partial charge >= 0.3 is 0 Å². The lowest BCUT2D eigenvalue weighted by Gasteiger charge is -2.04. The molecular weight excluding hydrogens is 271 g/mol. The van der Waals surface area contributed by atoms with E-state index in [1.807, 2.05) is 19.1 Å². The zero-order chi connectivity index (χ0) is 14.7. The van der Waals surface area contributed by atoms with Crippen molar-refractivity contribution >= 4 is 11.3 Å². The van der Waals surface area contributed by atoms with E-state index in [-0.39, 0.29) is 5.82 Å². The van der Waals surface area contributed by atoms with Crippen molar-refractivity contribution in [3.05, 3.63) is 40.2 Å². The molecule has 20 heavy (non-hydrogen) atoms.